The first-order chi connectivity index (χ1) is 11.6. The molecule has 2 fully saturated rings. The van der Waals surface area contributed by atoms with Crippen LogP contribution in [0.4, 0.5) is 0 Å². The fourth-order valence-electron chi connectivity index (χ4n) is 5.11. The van der Waals surface area contributed by atoms with Gasteiger partial charge in [-0.15, -0.1) is 22.7 Å². The van der Waals surface area contributed by atoms with E-state index < -0.39 is 5.41 Å². The van der Waals surface area contributed by atoms with Crippen LogP contribution in [0.2, 0.25) is 0 Å². The van der Waals surface area contributed by atoms with E-state index in [9.17, 15) is 5.26 Å². The lowest BCUT2D eigenvalue weighted by Crippen LogP contribution is -2.55. The summed E-state index contributed by atoms with van der Waals surface area (Å²) in [6, 6.07) is 12.8. The molecule has 3 atom stereocenters. The number of fused-ring (bicyclic) bond motifs is 2. The monoisotopic (exact) mass is 357 g/mol. The van der Waals surface area contributed by atoms with Crippen molar-refractivity contribution in [3.63, 3.8) is 0 Å². The highest BCUT2D eigenvalue weighted by molar-refractivity contribution is 7.11. The van der Waals surface area contributed by atoms with E-state index in [2.05, 4.69) is 55.2 Å². The molecule has 2 aromatic heterocycles. The molecule has 2 aliphatic heterocycles. The summed E-state index contributed by atoms with van der Waals surface area (Å²) in [4.78, 5) is 2.44. The van der Waals surface area contributed by atoms with Crippen LogP contribution in [0.5, 0.6) is 0 Å². The summed E-state index contributed by atoms with van der Waals surface area (Å²) in [5.74, 6) is 0.664. The number of thiophene rings is 2. The Balaban J connectivity index is 1.66. The third kappa shape index (κ3) is 2.45. The Kier molecular flexibility index (Phi) is 4.07. The molecule has 2 nitrogen and oxygen atoms in total. The minimum absolute atomic E-state index is 0.444. The van der Waals surface area contributed by atoms with Crippen molar-refractivity contribution in [1.29, 1.82) is 5.26 Å². The molecule has 2 aromatic rings. The number of piperidine rings is 1. The molecule has 0 spiro atoms. The van der Waals surface area contributed by atoms with Gasteiger partial charge >= 0.3 is 0 Å². The second kappa shape index (κ2) is 5.98. The number of hydrogen-bond acceptors (Lipinski definition) is 3. The van der Waals surface area contributed by atoms with Gasteiger partial charge in [-0.3, -0.25) is 0 Å². The lowest BCUT2D eigenvalue weighted by Gasteiger charge is -2.45. The molecule has 0 radical (unpaired) electrons. The van der Waals surface area contributed by atoms with E-state index in [0.29, 0.717) is 5.92 Å². The fraction of sp³-hybridized carbons (Fsp3) is 0.550. The maximum absolute atomic E-state index is 10.3. The van der Waals surface area contributed by atoms with Gasteiger partial charge in [0.25, 0.3) is 0 Å². The summed E-state index contributed by atoms with van der Waals surface area (Å²) in [7, 11) is 4.82. The van der Waals surface area contributed by atoms with Gasteiger partial charge in [-0.25, -0.2) is 0 Å². The molecule has 0 amide bonds. The molecule has 4 heterocycles. The number of nitriles is 1. The third-order valence-electron chi connectivity index (χ3n) is 6.60. The SMILES string of the molecule is C[N+]1(C)[C@@H]2CC[C@H]1C[C@@H](CC(C#N)(c1cccs1)c1cccs1)C2. The highest BCUT2D eigenvalue weighted by Crippen LogP contribution is 2.49. The summed E-state index contributed by atoms with van der Waals surface area (Å²) in [6.45, 7) is 0. The molecular formula is C20H25N2S2+. The van der Waals surface area contributed by atoms with Crippen LogP contribution < -0.4 is 0 Å². The Morgan fingerprint density at radius 3 is 2.04 bits per heavy atom. The van der Waals surface area contributed by atoms with Crippen LogP contribution in [0, 0.1) is 17.2 Å². The molecule has 0 unspecified atom stereocenters. The van der Waals surface area contributed by atoms with Gasteiger partial charge in [0.1, 0.15) is 5.41 Å². The Labute approximate surface area is 152 Å². The van der Waals surface area contributed by atoms with Gasteiger partial charge in [-0.1, -0.05) is 12.1 Å². The Morgan fingerprint density at radius 2 is 1.62 bits per heavy atom. The Morgan fingerprint density at radius 1 is 1.08 bits per heavy atom. The largest absolute Gasteiger partial charge is 0.324 e. The second-order valence-electron chi connectivity index (χ2n) is 8.03. The van der Waals surface area contributed by atoms with E-state index in [4.69, 9.17) is 0 Å². The number of rotatable bonds is 4. The van der Waals surface area contributed by atoms with Crippen molar-refractivity contribution >= 4 is 22.7 Å². The molecule has 2 aliphatic rings. The van der Waals surface area contributed by atoms with E-state index in [1.165, 1.54) is 39.9 Å². The average molecular weight is 358 g/mol. The van der Waals surface area contributed by atoms with Gasteiger partial charge in [0.15, 0.2) is 0 Å². The van der Waals surface area contributed by atoms with Gasteiger partial charge in [0, 0.05) is 35.4 Å². The van der Waals surface area contributed by atoms with Crippen molar-refractivity contribution in [3.8, 4) is 6.07 Å². The van der Waals surface area contributed by atoms with Crippen LogP contribution >= 0.6 is 22.7 Å². The van der Waals surface area contributed by atoms with Crippen LogP contribution in [0.1, 0.15) is 41.9 Å². The maximum Gasteiger partial charge on any atom is 0.126 e. The molecule has 4 rings (SSSR count). The fourth-order valence-corrected chi connectivity index (χ4v) is 6.98. The van der Waals surface area contributed by atoms with E-state index in [1.54, 1.807) is 22.7 Å². The van der Waals surface area contributed by atoms with Gasteiger partial charge in [0.2, 0.25) is 0 Å². The summed E-state index contributed by atoms with van der Waals surface area (Å²) in [5.41, 5.74) is -0.444. The zero-order chi connectivity index (χ0) is 16.8. The summed E-state index contributed by atoms with van der Waals surface area (Å²) >= 11 is 3.48. The first kappa shape index (κ1) is 16.3. The minimum Gasteiger partial charge on any atom is -0.324 e. The van der Waals surface area contributed by atoms with E-state index >= 15 is 0 Å². The topological polar surface area (TPSA) is 23.8 Å². The number of hydrogen-bond donors (Lipinski definition) is 0. The molecule has 126 valence electrons. The van der Waals surface area contributed by atoms with E-state index in [0.717, 1.165) is 18.5 Å². The average Bonchev–Trinajstić information content (AvgIpc) is 3.28. The van der Waals surface area contributed by atoms with Crippen LogP contribution in [0.3, 0.4) is 0 Å². The first-order valence-electron chi connectivity index (χ1n) is 8.89. The van der Waals surface area contributed by atoms with Gasteiger partial charge in [-0.2, -0.15) is 5.26 Å². The molecule has 0 saturated carbocycles. The molecule has 0 N–H and O–H groups in total. The van der Waals surface area contributed by atoms with Gasteiger partial charge in [0.05, 0.1) is 32.2 Å². The smallest absolute Gasteiger partial charge is 0.126 e. The number of quaternary nitrogens is 1. The maximum atomic E-state index is 10.3. The molecule has 2 saturated heterocycles. The van der Waals surface area contributed by atoms with Gasteiger partial charge in [-0.05, 0) is 35.2 Å². The normalized spacial score (nSPS) is 28.6. The van der Waals surface area contributed by atoms with Crippen molar-refractivity contribution in [3.05, 3.63) is 44.8 Å². The lowest BCUT2D eigenvalue weighted by atomic mass is 9.73. The zero-order valence-electron chi connectivity index (χ0n) is 14.4. The van der Waals surface area contributed by atoms with Crippen molar-refractivity contribution < 1.29 is 4.48 Å². The standard InChI is InChI=1S/C20H25N2S2/c1-22(2)16-7-8-17(22)12-15(11-16)13-20(14-21,18-5-3-9-23-18)19-6-4-10-24-19/h3-6,9-10,15-17H,7-8,11-13H2,1-2H3/q+1/t15-,16+,17-. The van der Waals surface area contributed by atoms with Crippen LogP contribution in [0.15, 0.2) is 35.0 Å². The molecular weight excluding hydrogens is 332 g/mol. The molecule has 2 bridgehead atoms. The van der Waals surface area contributed by atoms with Crippen molar-refractivity contribution in [2.75, 3.05) is 14.1 Å². The van der Waals surface area contributed by atoms with Crippen LogP contribution in [-0.4, -0.2) is 30.7 Å². The third-order valence-corrected chi connectivity index (χ3v) is 8.66. The quantitative estimate of drug-likeness (QED) is 0.704. The van der Waals surface area contributed by atoms with E-state index in [1.807, 2.05) is 0 Å². The number of nitrogens with zero attached hydrogens (tertiary/aromatic N) is 2. The second-order valence-corrected chi connectivity index (χ2v) is 9.92. The minimum atomic E-state index is -0.444. The van der Waals surface area contributed by atoms with Gasteiger partial charge < -0.3 is 4.48 Å². The van der Waals surface area contributed by atoms with Crippen LogP contribution in [-0.2, 0) is 5.41 Å². The Hall–Kier alpha value is -1.15. The van der Waals surface area contributed by atoms with Crippen molar-refractivity contribution in [1.82, 2.24) is 0 Å². The van der Waals surface area contributed by atoms with Crippen molar-refractivity contribution in [2.45, 2.75) is 49.6 Å². The highest BCUT2D eigenvalue weighted by Gasteiger charge is 2.51. The molecule has 0 aromatic carbocycles. The highest BCUT2D eigenvalue weighted by atomic mass is 32.1. The predicted molar refractivity (Wildman–Crippen MR) is 101 cm³/mol. The molecule has 24 heavy (non-hydrogen) atoms. The van der Waals surface area contributed by atoms with E-state index in [-0.39, 0.29) is 0 Å². The first-order valence-corrected chi connectivity index (χ1v) is 10.6. The predicted octanol–water partition coefficient (Wildman–Crippen LogP) is 5.03. The zero-order valence-corrected chi connectivity index (χ0v) is 16.1. The summed E-state index contributed by atoms with van der Waals surface area (Å²) < 4.78 is 1.20. The van der Waals surface area contributed by atoms with Crippen molar-refractivity contribution in [2.24, 2.45) is 5.92 Å². The lowest BCUT2D eigenvalue weighted by molar-refractivity contribution is -0.931. The summed E-state index contributed by atoms with van der Waals surface area (Å²) in [6.07, 6.45) is 6.28. The van der Waals surface area contributed by atoms with Crippen LogP contribution in [0.25, 0.3) is 0 Å². The Bertz CT molecular complexity index is 674. The summed E-state index contributed by atoms with van der Waals surface area (Å²) in [5, 5.41) is 14.5. The molecule has 0 aliphatic carbocycles. The molecule has 4 heteroatoms.